The summed E-state index contributed by atoms with van der Waals surface area (Å²) in [4.78, 5) is 54.7. The number of likely N-dealkylation sites (N-methyl/N-ethyl adjacent to an activating group) is 1. The Kier molecular flexibility index (Phi) is 5.84. The van der Waals surface area contributed by atoms with E-state index in [1.165, 1.54) is 21.3 Å². The molecule has 2 atom stereocenters. The molecule has 10 nitrogen and oxygen atoms in total. The molecule has 2 amide bonds. The molecular weight excluding hydrogens is 502 g/mol. The third kappa shape index (κ3) is 3.90. The SMILES string of the molecule is Cc1cc(Nc2ncnc3sc4c(c23)CC[C@H](C(=O)N2CCN(C)C(C)C2)C4)c(=O)n2c1C(=O)NC2(C)C. The Labute approximate surface area is 225 Å². The number of hydrogen-bond donors (Lipinski definition) is 2. The van der Waals surface area contributed by atoms with Gasteiger partial charge in [0, 0.05) is 36.5 Å². The molecule has 11 heteroatoms. The molecule has 0 radical (unpaired) electrons. The van der Waals surface area contributed by atoms with Crippen molar-refractivity contribution in [3.63, 3.8) is 0 Å². The van der Waals surface area contributed by atoms with Gasteiger partial charge in [0.2, 0.25) is 5.91 Å². The van der Waals surface area contributed by atoms with Gasteiger partial charge in [0.05, 0.1) is 5.39 Å². The highest BCUT2D eigenvalue weighted by molar-refractivity contribution is 7.19. The molecule has 5 heterocycles. The van der Waals surface area contributed by atoms with Crippen molar-refractivity contribution in [1.82, 2.24) is 29.7 Å². The zero-order valence-corrected chi connectivity index (χ0v) is 23.2. The third-order valence-electron chi connectivity index (χ3n) is 8.30. The van der Waals surface area contributed by atoms with Crippen LogP contribution < -0.4 is 16.2 Å². The van der Waals surface area contributed by atoms with Crippen LogP contribution in [0, 0.1) is 12.8 Å². The Hall–Kier alpha value is -3.31. The summed E-state index contributed by atoms with van der Waals surface area (Å²) in [5, 5.41) is 7.07. The summed E-state index contributed by atoms with van der Waals surface area (Å²) in [6.45, 7) is 10.1. The van der Waals surface area contributed by atoms with Gasteiger partial charge in [0.15, 0.2) is 0 Å². The van der Waals surface area contributed by atoms with Gasteiger partial charge in [-0.3, -0.25) is 19.0 Å². The first-order chi connectivity index (χ1) is 18.0. The van der Waals surface area contributed by atoms with E-state index in [4.69, 9.17) is 0 Å². The van der Waals surface area contributed by atoms with Gasteiger partial charge < -0.3 is 20.4 Å². The maximum atomic E-state index is 13.5. The minimum absolute atomic E-state index is 0.0215. The summed E-state index contributed by atoms with van der Waals surface area (Å²) in [5.74, 6) is 0.566. The molecule has 3 aromatic rings. The number of thiophene rings is 1. The lowest BCUT2D eigenvalue weighted by Gasteiger charge is -2.39. The normalized spacial score (nSPS) is 22.8. The van der Waals surface area contributed by atoms with Crippen molar-refractivity contribution in [3.05, 3.63) is 44.4 Å². The van der Waals surface area contributed by atoms with Gasteiger partial charge in [-0.1, -0.05) is 0 Å². The summed E-state index contributed by atoms with van der Waals surface area (Å²) < 4.78 is 1.52. The molecule has 1 aliphatic carbocycles. The van der Waals surface area contributed by atoms with Crippen LogP contribution in [0.2, 0.25) is 0 Å². The number of aromatic nitrogens is 3. The average Bonchev–Trinajstić information content (AvgIpc) is 3.36. The van der Waals surface area contributed by atoms with Gasteiger partial charge in [-0.15, -0.1) is 11.3 Å². The van der Waals surface area contributed by atoms with Gasteiger partial charge in [-0.25, -0.2) is 9.97 Å². The number of piperazine rings is 1. The largest absolute Gasteiger partial charge is 0.340 e. The Balaban J connectivity index is 1.31. The van der Waals surface area contributed by atoms with Gasteiger partial charge in [-0.05, 0) is 71.2 Å². The summed E-state index contributed by atoms with van der Waals surface area (Å²) in [5.41, 5.74) is 1.53. The number of fused-ring (bicyclic) bond motifs is 4. The summed E-state index contributed by atoms with van der Waals surface area (Å²) in [7, 11) is 2.11. The van der Waals surface area contributed by atoms with Crippen LogP contribution in [0.4, 0.5) is 11.5 Å². The van der Waals surface area contributed by atoms with E-state index in [-0.39, 0.29) is 23.3 Å². The van der Waals surface area contributed by atoms with Crippen molar-refractivity contribution in [1.29, 1.82) is 0 Å². The second-order valence-electron chi connectivity index (χ2n) is 11.3. The predicted octanol–water partition coefficient (Wildman–Crippen LogP) is 2.61. The monoisotopic (exact) mass is 535 g/mol. The molecular formula is C27H33N7O3S. The Bertz CT molecular complexity index is 1540. The van der Waals surface area contributed by atoms with Gasteiger partial charge >= 0.3 is 0 Å². The summed E-state index contributed by atoms with van der Waals surface area (Å²) in [6.07, 6.45) is 3.77. The van der Waals surface area contributed by atoms with Crippen molar-refractivity contribution in [2.24, 2.45) is 5.92 Å². The lowest BCUT2D eigenvalue weighted by atomic mass is 9.86. The fourth-order valence-corrected chi connectivity index (χ4v) is 7.36. The first-order valence-electron chi connectivity index (χ1n) is 13.2. The highest BCUT2D eigenvalue weighted by atomic mass is 32.1. The number of pyridine rings is 1. The van der Waals surface area contributed by atoms with Crippen LogP contribution in [-0.4, -0.2) is 68.9 Å². The number of amides is 2. The molecule has 1 saturated heterocycles. The van der Waals surface area contributed by atoms with Crippen LogP contribution in [-0.2, 0) is 23.3 Å². The van der Waals surface area contributed by atoms with Gasteiger partial charge in [0.1, 0.15) is 34.0 Å². The first kappa shape index (κ1) is 25.0. The molecule has 3 aliphatic rings. The van der Waals surface area contributed by atoms with Crippen LogP contribution in [0.5, 0.6) is 0 Å². The van der Waals surface area contributed by atoms with E-state index in [9.17, 15) is 14.4 Å². The second-order valence-corrected chi connectivity index (χ2v) is 12.4. The van der Waals surface area contributed by atoms with Crippen LogP contribution in [0.3, 0.4) is 0 Å². The highest BCUT2D eigenvalue weighted by Gasteiger charge is 2.38. The van der Waals surface area contributed by atoms with E-state index in [0.717, 1.165) is 42.7 Å². The van der Waals surface area contributed by atoms with Crippen LogP contribution in [0.1, 0.15) is 53.7 Å². The van der Waals surface area contributed by atoms with E-state index in [0.29, 0.717) is 35.2 Å². The second kappa shape index (κ2) is 8.88. The molecule has 1 fully saturated rings. The predicted molar refractivity (Wildman–Crippen MR) is 147 cm³/mol. The van der Waals surface area contributed by atoms with Crippen molar-refractivity contribution in [2.75, 3.05) is 32.0 Å². The van der Waals surface area contributed by atoms with E-state index < -0.39 is 5.66 Å². The lowest BCUT2D eigenvalue weighted by molar-refractivity contribution is -0.138. The minimum atomic E-state index is -0.822. The maximum Gasteiger partial charge on any atom is 0.276 e. The molecule has 2 N–H and O–H groups in total. The van der Waals surface area contributed by atoms with E-state index in [1.807, 2.05) is 25.7 Å². The quantitative estimate of drug-likeness (QED) is 0.530. The molecule has 38 heavy (non-hydrogen) atoms. The molecule has 0 bridgehead atoms. The third-order valence-corrected chi connectivity index (χ3v) is 9.47. The van der Waals surface area contributed by atoms with Crippen molar-refractivity contribution in [2.45, 2.75) is 58.7 Å². The molecule has 0 spiro atoms. The molecule has 6 rings (SSSR count). The van der Waals surface area contributed by atoms with Gasteiger partial charge in [0.25, 0.3) is 11.5 Å². The maximum absolute atomic E-state index is 13.5. The number of hydrogen-bond acceptors (Lipinski definition) is 8. The van der Waals surface area contributed by atoms with Crippen molar-refractivity contribution >= 4 is 44.9 Å². The van der Waals surface area contributed by atoms with Crippen molar-refractivity contribution in [3.8, 4) is 0 Å². The lowest BCUT2D eigenvalue weighted by Crippen LogP contribution is -2.53. The smallest absolute Gasteiger partial charge is 0.276 e. The average molecular weight is 536 g/mol. The number of aryl methyl sites for hydroxylation is 2. The molecule has 200 valence electrons. The zero-order chi connectivity index (χ0) is 26.9. The number of rotatable bonds is 3. The van der Waals surface area contributed by atoms with Crippen LogP contribution in [0.15, 0.2) is 17.2 Å². The minimum Gasteiger partial charge on any atom is -0.340 e. The number of anilines is 2. The summed E-state index contributed by atoms with van der Waals surface area (Å²) >= 11 is 1.61. The number of carbonyl (C=O) groups excluding carboxylic acids is 2. The molecule has 2 aliphatic heterocycles. The Morgan fingerprint density at radius 1 is 1.24 bits per heavy atom. The summed E-state index contributed by atoms with van der Waals surface area (Å²) in [6, 6.07) is 2.08. The van der Waals surface area contributed by atoms with Crippen molar-refractivity contribution < 1.29 is 9.59 Å². The molecule has 0 saturated carbocycles. The fraction of sp³-hybridized carbons (Fsp3) is 0.519. The number of carbonyl (C=O) groups is 2. The first-order valence-corrected chi connectivity index (χ1v) is 14.0. The van der Waals surface area contributed by atoms with E-state index in [1.54, 1.807) is 17.4 Å². The fourth-order valence-electron chi connectivity index (χ4n) is 6.09. The topological polar surface area (TPSA) is 112 Å². The van der Waals surface area contributed by atoms with Crippen LogP contribution >= 0.6 is 11.3 Å². The number of nitrogens with one attached hydrogen (secondary N) is 2. The molecule has 1 unspecified atom stereocenters. The standard InChI is InChI=1S/C27H33N7O3S/c1-14-10-18(26(37)34-21(14)23(35)31-27(34,3)4)30-22-20-17-7-6-16(11-19(17)38-24(20)29-13-28-22)25(36)33-9-8-32(5)15(2)12-33/h10,13,15-16H,6-9,11-12H2,1-5H3,(H,31,35)(H,28,29,30)/t15?,16-/m0/s1. The Morgan fingerprint density at radius 3 is 2.79 bits per heavy atom. The highest BCUT2D eigenvalue weighted by Crippen LogP contribution is 2.41. The van der Waals surface area contributed by atoms with E-state index >= 15 is 0 Å². The van der Waals surface area contributed by atoms with Gasteiger partial charge in [-0.2, -0.15) is 0 Å². The van der Waals surface area contributed by atoms with E-state index in [2.05, 4.69) is 39.5 Å². The molecule has 0 aromatic carbocycles. The zero-order valence-electron chi connectivity index (χ0n) is 22.4. The number of nitrogens with zero attached hydrogens (tertiary/aromatic N) is 5. The van der Waals surface area contributed by atoms with Crippen LogP contribution in [0.25, 0.3) is 10.2 Å². The Morgan fingerprint density at radius 2 is 2.03 bits per heavy atom. The molecule has 3 aromatic heterocycles.